The summed E-state index contributed by atoms with van der Waals surface area (Å²) in [5.41, 5.74) is 1.67. The minimum absolute atomic E-state index is 0.271. The fraction of sp³-hybridized carbons (Fsp3) is 0.938. The van der Waals surface area contributed by atoms with Gasteiger partial charge in [0.1, 0.15) is 12.7 Å². The van der Waals surface area contributed by atoms with Crippen LogP contribution in [0.1, 0.15) is 47.5 Å². The van der Waals surface area contributed by atoms with E-state index in [1.807, 2.05) is 0 Å². The van der Waals surface area contributed by atoms with E-state index < -0.39 is 6.10 Å². The number of aliphatic hydroxyl groups excluding tert-OH is 1. The first-order chi connectivity index (χ1) is 9.32. The van der Waals surface area contributed by atoms with Gasteiger partial charge in [0.25, 0.3) is 0 Å². The molecule has 0 aromatic heterocycles. The lowest BCUT2D eigenvalue weighted by Gasteiger charge is -2.19. The van der Waals surface area contributed by atoms with Crippen molar-refractivity contribution in [2.75, 3.05) is 13.2 Å². The summed E-state index contributed by atoms with van der Waals surface area (Å²) in [6, 6.07) is 0.378. The second-order valence-electron chi connectivity index (χ2n) is 7.47. The number of nitrogens with zero attached hydrogens (tertiary/aromatic N) is 1. The summed E-state index contributed by atoms with van der Waals surface area (Å²) in [4.78, 5) is 5.37. The van der Waals surface area contributed by atoms with Gasteiger partial charge in [-0.2, -0.15) is 0 Å². The van der Waals surface area contributed by atoms with E-state index in [0.29, 0.717) is 23.9 Å². The Morgan fingerprint density at radius 2 is 2.10 bits per heavy atom. The van der Waals surface area contributed by atoms with E-state index in [4.69, 9.17) is 4.84 Å². The van der Waals surface area contributed by atoms with E-state index in [9.17, 15) is 5.11 Å². The molecule has 0 spiro atoms. The van der Waals surface area contributed by atoms with Crippen molar-refractivity contribution in [2.45, 2.75) is 59.6 Å². The van der Waals surface area contributed by atoms with Crippen LogP contribution in [-0.2, 0) is 4.84 Å². The fourth-order valence-corrected chi connectivity index (χ4v) is 3.44. The highest BCUT2D eigenvalue weighted by Crippen LogP contribution is 2.65. The molecule has 116 valence electrons. The Hall–Kier alpha value is -0.610. The van der Waals surface area contributed by atoms with E-state index in [1.54, 1.807) is 0 Å². The van der Waals surface area contributed by atoms with Crippen LogP contribution >= 0.6 is 0 Å². The fourth-order valence-electron chi connectivity index (χ4n) is 3.44. The summed E-state index contributed by atoms with van der Waals surface area (Å²) in [5.74, 6) is 2.18. The smallest absolute Gasteiger partial charge is 0.144 e. The molecule has 0 radical (unpaired) electrons. The number of hydrogen-bond acceptors (Lipinski definition) is 4. The highest BCUT2D eigenvalue weighted by molar-refractivity contribution is 5.87. The predicted octanol–water partition coefficient (Wildman–Crippen LogP) is 2.42. The number of rotatable bonds is 6. The zero-order valence-electron chi connectivity index (χ0n) is 13.5. The molecule has 0 heterocycles. The molecular formula is C16H30N2O2. The highest BCUT2D eigenvalue weighted by Gasteiger charge is 2.60. The lowest BCUT2D eigenvalue weighted by atomic mass is 9.89. The molecule has 2 aliphatic carbocycles. The van der Waals surface area contributed by atoms with Gasteiger partial charge in [-0.05, 0) is 36.0 Å². The van der Waals surface area contributed by atoms with Crippen LogP contribution in [0.4, 0.5) is 0 Å². The van der Waals surface area contributed by atoms with Crippen molar-refractivity contribution in [1.29, 1.82) is 0 Å². The van der Waals surface area contributed by atoms with E-state index in [0.717, 1.165) is 18.3 Å². The number of nitrogens with one attached hydrogen (secondary N) is 1. The van der Waals surface area contributed by atoms with Gasteiger partial charge in [0, 0.05) is 12.6 Å². The minimum Gasteiger partial charge on any atom is -0.393 e. The van der Waals surface area contributed by atoms with Gasteiger partial charge in [0.15, 0.2) is 0 Å². The Bertz CT molecular complexity index is 365. The Morgan fingerprint density at radius 1 is 1.40 bits per heavy atom. The van der Waals surface area contributed by atoms with Crippen LogP contribution in [0.3, 0.4) is 0 Å². The molecule has 4 nitrogen and oxygen atoms in total. The van der Waals surface area contributed by atoms with Gasteiger partial charge >= 0.3 is 0 Å². The van der Waals surface area contributed by atoms with Gasteiger partial charge in [0.2, 0.25) is 0 Å². The number of oxime groups is 1. The van der Waals surface area contributed by atoms with E-state index in [-0.39, 0.29) is 6.61 Å². The summed E-state index contributed by atoms with van der Waals surface area (Å²) in [7, 11) is 0. The number of aliphatic hydroxyl groups is 1. The third-order valence-electron chi connectivity index (χ3n) is 5.10. The van der Waals surface area contributed by atoms with Crippen LogP contribution in [0.15, 0.2) is 5.16 Å². The summed E-state index contributed by atoms with van der Waals surface area (Å²) in [6.07, 6.45) is 1.81. The maximum atomic E-state index is 9.78. The van der Waals surface area contributed by atoms with Gasteiger partial charge < -0.3 is 15.3 Å². The molecule has 20 heavy (non-hydrogen) atoms. The van der Waals surface area contributed by atoms with Crippen LogP contribution in [0.25, 0.3) is 0 Å². The van der Waals surface area contributed by atoms with Crippen LogP contribution in [0.2, 0.25) is 0 Å². The average molecular weight is 282 g/mol. The molecule has 2 N–H and O–H groups in total. The van der Waals surface area contributed by atoms with E-state index >= 15 is 0 Å². The average Bonchev–Trinajstić information content (AvgIpc) is 2.88. The molecule has 2 saturated carbocycles. The van der Waals surface area contributed by atoms with Crippen molar-refractivity contribution >= 4 is 5.71 Å². The maximum absolute atomic E-state index is 9.78. The third kappa shape index (κ3) is 3.53. The van der Waals surface area contributed by atoms with Gasteiger partial charge in [-0.25, -0.2) is 0 Å². The van der Waals surface area contributed by atoms with Gasteiger partial charge in [-0.3, -0.25) is 0 Å². The second-order valence-corrected chi connectivity index (χ2v) is 7.47. The van der Waals surface area contributed by atoms with E-state index in [1.165, 1.54) is 12.1 Å². The largest absolute Gasteiger partial charge is 0.393 e. The van der Waals surface area contributed by atoms with Crippen molar-refractivity contribution in [3.05, 3.63) is 0 Å². The second kappa shape index (κ2) is 6.02. The molecule has 0 bridgehead atoms. The van der Waals surface area contributed by atoms with Gasteiger partial charge in [-0.15, -0.1) is 0 Å². The monoisotopic (exact) mass is 282 g/mol. The Morgan fingerprint density at radius 3 is 2.75 bits per heavy atom. The first kappa shape index (κ1) is 15.8. The van der Waals surface area contributed by atoms with E-state index in [2.05, 4.69) is 45.1 Å². The first-order valence-electron chi connectivity index (χ1n) is 7.92. The predicted molar refractivity (Wildman–Crippen MR) is 81.7 cm³/mol. The Labute approximate surface area is 123 Å². The molecule has 2 aliphatic rings. The molecule has 0 saturated heterocycles. The summed E-state index contributed by atoms with van der Waals surface area (Å²) in [6.45, 7) is 11.9. The molecule has 4 heteroatoms. The van der Waals surface area contributed by atoms with Crippen molar-refractivity contribution in [3.8, 4) is 0 Å². The topological polar surface area (TPSA) is 53.8 Å². The molecule has 0 amide bonds. The molecule has 2 rings (SSSR count). The van der Waals surface area contributed by atoms with Crippen LogP contribution in [-0.4, -0.2) is 36.1 Å². The minimum atomic E-state index is -0.495. The lowest BCUT2D eigenvalue weighted by Crippen LogP contribution is -2.34. The van der Waals surface area contributed by atoms with Gasteiger partial charge in [0.05, 0.1) is 5.71 Å². The van der Waals surface area contributed by atoms with Crippen molar-refractivity contribution < 1.29 is 9.94 Å². The SMILES string of the molecule is CC(C)NCC(O)CO/N=C1/C[C@@H]2[C@H](C[C@H]1C)C2(C)C. The summed E-state index contributed by atoms with van der Waals surface area (Å²) in [5, 5.41) is 17.3. The molecule has 0 aromatic carbocycles. The molecule has 4 atom stereocenters. The van der Waals surface area contributed by atoms with Crippen molar-refractivity contribution in [2.24, 2.45) is 28.3 Å². The molecule has 1 unspecified atom stereocenters. The van der Waals surface area contributed by atoms with Crippen molar-refractivity contribution in [3.63, 3.8) is 0 Å². The number of fused-ring (bicyclic) bond motifs is 1. The lowest BCUT2D eigenvalue weighted by molar-refractivity contribution is 0.0382. The molecule has 0 aliphatic heterocycles. The molecule has 2 fully saturated rings. The Kier molecular flexibility index (Phi) is 4.75. The maximum Gasteiger partial charge on any atom is 0.144 e. The zero-order chi connectivity index (χ0) is 14.9. The Balaban J connectivity index is 1.74. The zero-order valence-corrected chi connectivity index (χ0v) is 13.5. The van der Waals surface area contributed by atoms with Crippen molar-refractivity contribution in [1.82, 2.24) is 5.32 Å². The number of hydrogen-bond donors (Lipinski definition) is 2. The third-order valence-corrected chi connectivity index (χ3v) is 5.10. The quantitative estimate of drug-likeness (QED) is 0.736. The van der Waals surface area contributed by atoms with Crippen LogP contribution in [0, 0.1) is 23.2 Å². The normalized spacial score (nSPS) is 35.0. The molecule has 0 aromatic rings. The summed E-state index contributed by atoms with van der Waals surface area (Å²) >= 11 is 0. The first-order valence-corrected chi connectivity index (χ1v) is 7.92. The van der Waals surface area contributed by atoms with Gasteiger partial charge in [-0.1, -0.05) is 39.8 Å². The van der Waals surface area contributed by atoms with Crippen LogP contribution < -0.4 is 5.32 Å². The summed E-state index contributed by atoms with van der Waals surface area (Å²) < 4.78 is 0. The van der Waals surface area contributed by atoms with Crippen LogP contribution in [0.5, 0.6) is 0 Å². The highest BCUT2D eigenvalue weighted by atomic mass is 16.6. The standard InChI is InChI=1S/C16H30N2O2/c1-10(2)17-8-12(19)9-20-18-15-7-14-13(6-11(15)3)16(14,4)5/h10-14,17,19H,6-9H2,1-5H3/b18-15-/t11-,12?,13+,14-/m1/s1. The molecular weight excluding hydrogens is 252 g/mol.